The van der Waals surface area contributed by atoms with Gasteiger partial charge in [0.2, 0.25) is 10.0 Å². The minimum atomic E-state index is -3.60. The van der Waals surface area contributed by atoms with Crippen LogP contribution in [-0.2, 0) is 16.6 Å². The molecule has 0 saturated carbocycles. The number of benzene rings is 1. The lowest BCUT2D eigenvalue weighted by Crippen LogP contribution is -2.34. The van der Waals surface area contributed by atoms with Gasteiger partial charge in [0.05, 0.1) is 4.90 Å². The van der Waals surface area contributed by atoms with Crippen LogP contribution in [0.25, 0.3) is 0 Å². The van der Waals surface area contributed by atoms with Crippen LogP contribution in [0.4, 0.5) is 4.39 Å². The van der Waals surface area contributed by atoms with Crippen molar-refractivity contribution in [2.45, 2.75) is 39.1 Å². The molecule has 0 aliphatic rings. The molecule has 0 heterocycles. The van der Waals surface area contributed by atoms with Gasteiger partial charge in [0.25, 0.3) is 0 Å². The molecule has 0 bridgehead atoms. The average Bonchev–Trinajstić information content (AvgIpc) is 2.35. The highest BCUT2D eigenvalue weighted by atomic mass is 32.2. The third-order valence-electron chi connectivity index (χ3n) is 2.99. The van der Waals surface area contributed by atoms with Crippen molar-refractivity contribution < 1.29 is 12.8 Å². The Morgan fingerprint density at radius 1 is 1.29 bits per heavy atom. The Balaban J connectivity index is 3.08. The maximum atomic E-state index is 13.7. The summed E-state index contributed by atoms with van der Waals surface area (Å²) in [6.07, 6.45) is 0. The van der Waals surface area contributed by atoms with Crippen LogP contribution in [0.1, 0.15) is 33.3 Å². The molecule has 0 fully saturated rings. The Bertz CT molecular complexity index is 580. The molecule has 0 unspecified atom stereocenters. The first-order valence-electron chi connectivity index (χ1n) is 7.03. The summed E-state index contributed by atoms with van der Waals surface area (Å²) in [6.45, 7) is 9.24. The van der Waals surface area contributed by atoms with Crippen molar-refractivity contribution >= 4 is 10.0 Å². The maximum absolute atomic E-state index is 13.7. The highest BCUT2D eigenvalue weighted by Gasteiger charge is 2.25. The second-order valence-corrected chi connectivity index (χ2v) is 8.40. The second kappa shape index (κ2) is 6.85. The lowest BCUT2D eigenvalue weighted by Gasteiger charge is -2.26. The minimum Gasteiger partial charge on any atom is -0.313 e. The van der Waals surface area contributed by atoms with Crippen LogP contribution in [0.5, 0.6) is 0 Å². The standard InChI is InChI=1S/C15H25FN2O2S/c1-6-17-10-12-9-13(7-8-14(12)16)21(19,20)18(5)11-15(2,3)4/h7-9,17H,6,10-11H2,1-5H3. The minimum absolute atomic E-state index is 0.128. The van der Waals surface area contributed by atoms with Gasteiger partial charge in [0.15, 0.2) is 0 Å². The van der Waals surface area contributed by atoms with E-state index in [1.165, 1.54) is 22.5 Å². The molecule has 0 radical (unpaired) electrons. The highest BCUT2D eigenvalue weighted by Crippen LogP contribution is 2.22. The molecule has 120 valence electrons. The smallest absolute Gasteiger partial charge is 0.242 e. The number of sulfonamides is 1. The van der Waals surface area contributed by atoms with Gasteiger partial charge in [-0.3, -0.25) is 0 Å². The molecule has 6 heteroatoms. The van der Waals surface area contributed by atoms with Crippen molar-refractivity contribution in [1.82, 2.24) is 9.62 Å². The zero-order valence-electron chi connectivity index (χ0n) is 13.4. The van der Waals surface area contributed by atoms with E-state index in [-0.39, 0.29) is 10.3 Å². The fraction of sp³-hybridized carbons (Fsp3) is 0.600. The van der Waals surface area contributed by atoms with Gasteiger partial charge in [-0.15, -0.1) is 0 Å². The summed E-state index contributed by atoms with van der Waals surface area (Å²) < 4.78 is 40.1. The molecule has 0 aliphatic heterocycles. The number of halogens is 1. The Morgan fingerprint density at radius 3 is 2.43 bits per heavy atom. The molecule has 1 N–H and O–H groups in total. The normalized spacial score (nSPS) is 12.9. The van der Waals surface area contributed by atoms with Crippen LogP contribution < -0.4 is 5.32 Å². The predicted octanol–water partition coefficient (Wildman–Crippen LogP) is 2.60. The molecule has 0 aliphatic carbocycles. The largest absolute Gasteiger partial charge is 0.313 e. The van der Waals surface area contributed by atoms with E-state index < -0.39 is 15.8 Å². The van der Waals surface area contributed by atoms with E-state index in [0.717, 1.165) is 0 Å². The molecule has 1 aromatic rings. The van der Waals surface area contributed by atoms with Crippen molar-refractivity contribution in [2.75, 3.05) is 20.1 Å². The van der Waals surface area contributed by atoms with E-state index >= 15 is 0 Å². The number of hydrogen-bond acceptors (Lipinski definition) is 3. The summed E-state index contributed by atoms with van der Waals surface area (Å²) in [5.74, 6) is -0.395. The van der Waals surface area contributed by atoms with E-state index in [4.69, 9.17) is 0 Å². The third-order valence-corrected chi connectivity index (χ3v) is 4.79. The zero-order chi connectivity index (χ0) is 16.3. The molecule has 0 atom stereocenters. The van der Waals surface area contributed by atoms with Crippen LogP contribution in [0.15, 0.2) is 23.1 Å². The van der Waals surface area contributed by atoms with Crippen molar-refractivity contribution in [3.8, 4) is 0 Å². The Morgan fingerprint density at radius 2 is 1.90 bits per heavy atom. The molecule has 0 spiro atoms. The van der Waals surface area contributed by atoms with E-state index in [1.807, 2.05) is 27.7 Å². The molecule has 21 heavy (non-hydrogen) atoms. The van der Waals surface area contributed by atoms with Crippen LogP contribution >= 0.6 is 0 Å². The molecular formula is C15H25FN2O2S. The van der Waals surface area contributed by atoms with E-state index in [1.54, 1.807) is 7.05 Å². The number of nitrogens with zero attached hydrogens (tertiary/aromatic N) is 1. The van der Waals surface area contributed by atoms with Crippen LogP contribution in [0, 0.1) is 11.2 Å². The molecule has 4 nitrogen and oxygen atoms in total. The van der Waals surface area contributed by atoms with E-state index in [9.17, 15) is 12.8 Å². The summed E-state index contributed by atoms with van der Waals surface area (Å²) in [5.41, 5.74) is 0.219. The first-order valence-corrected chi connectivity index (χ1v) is 8.47. The summed E-state index contributed by atoms with van der Waals surface area (Å²) in [7, 11) is -2.05. The van der Waals surface area contributed by atoms with Gasteiger partial charge in [0.1, 0.15) is 5.82 Å². The van der Waals surface area contributed by atoms with Crippen LogP contribution in [0.3, 0.4) is 0 Å². The first kappa shape index (κ1) is 18.1. The molecule has 0 amide bonds. The second-order valence-electron chi connectivity index (χ2n) is 6.36. The molecule has 1 aromatic carbocycles. The molecular weight excluding hydrogens is 291 g/mol. The predicted molar refractivity (Wildman–Crippen MR) is 83.1 cm³/mol. The Kier molecular flexibility index (Phi) is 5.90. The van der Waals surface area contributed by atoms with Gasteiger partial charge in [-0.1, -0.05) is 27.7 Å². The molecule has 0 aromatic heterocycles. The average molecular weight is 316 g/mol. The lowest BCUT2D eigenvalue weighted by molar-refractivity contribution is 0.310. The summed E-state index contributed by atoms with van der Waals surface area (Å²) >= 11 is 0. The van der Waals surface area contributed by atoms with Gasteiger partial charge in [-0.05, 0) is 30.2 Å². The van der Waals surface area contributed by atoms with Gasteiger partial charge < -0.3 is 5.32 Å². The van der Waals surface area contributed by atoms with Crippen molar-refractivity contribution in [3.63, 3.8) is 0 Å². The monoisotopic (exact) mass is 316 g/mol. The summed E-state index contributed by atoms with van der Waals surface area (Å²) in [6, 6.07) is 3.94. The third kappa shape index (κ3) is 5.05. The molecule has 1 rings (SSSR count). The van der Waals surface area contributed by atoms with E-state index in [0.29, 0.717) is 25.2 Å². The first-order chi connectivity index (χ1) is 9.58. The van der Waals surface area contributed by atoms with Crippen molar-refractivity contribution in [1.29, 1.82) is 0 Å². The van der Waals surface area contributed by atoms with Crippen LogP contribution in [0.2, 0.25) is 0 Å². The fourth-order valence-corrected chi connectivity index (χ4v) is 3.49. The van der Waals surface area contributed by atoms with Gasteiger partial charge in [-0.25, -0.2) is 17.1 Å². The SMILES string of the molecule is CCNCc1cc(S(=O)(=O)N(C)CC(C)(C)C)ccc1F. The topological polar surface area (TPSA) is 49.4 Å². The quantitative estimate of drug-likeness (QED) is 0.877. The highest BCUT2D eigenvalue weighted by molar-refractivity contribution is 7.89. The number of hydrogen-bond donors (Lipinski definition) is 1. The van der Waals surface area contributed by atoms with Crippen LogP contribution in [-0.4, -0.2) is 32.9 Å². The van der Waals surface area contributed by atoms with Crippen molar-refractivity contribution in [3.05, 3.63) is 29.6 Å². The lowest BCUT2D eigenvalue weighted by atomic mass is 9.97. The zero-order valence-corrected chi connectivity index (χ0v) is 14.2. The fourth-order valence-electron chi connectivity index (χ4n) is 2.04. The summed E-state index contributed by atoms with van der Waals surface area (Å²) in [5, 5.41) is 3.00. The van der Waals surface area contributed by atoms with Gasteiger partial charge in [-0.2, -0.15) is 0 Å². The van der Waals surface area contributed by atoms with Gasteiger partial charge >= 0.3 is 0 Å². The van der Waals surface area contributed by atoms with Gasteiger partial charge in [0, 0.05) is 25.7 Å². The summed E-state index contributed by atoms with van der Waals surface area (Å²) in [4.78, 5) is 0.128. The maximum Gasteiger partial charge on any atom is 0.242 e. The number of nitrogens with one attached hydrogen (secondary N) is 1. The Hall–Kier alpha value is -0.980. The number of rotatable bonds is 6. The van der Waals surface area contributed by atoms with Crippen molar-refractivity contribution in [2.24, 2.45) is 5.41 Å². The van der Waals surface area contributed by atoms with E-state index in [2.05, 4.69) is 5.32 Å². The Labute approximate surface area is 127 Å². The molecule has 0 saturated heterocycles.